The zero-order chi connectivity index (χ0) is 15.9. The first kappa shape index (κ1) is 15.7. The summed E-state index contributed by atoms with van der Waals surface area (Å²) in [7, 11) is 0. The van der Waals surface area contributed by atoms with Crippen LogP contribution in [0, 0.1) is 0 Å². The molecule has 0 saturated carbocycles. The van der Waals surface area contributed by atoms with Crippen LogP contribution in [-0.2, 0) is 0 Å². The van der Waals surface area contributed by atoms with E-state index in [2.05, 4.69) is 57.9 Å². The van der Waals surface area contributed by atoms with Crippen molar-refractivity contribution in [1.82, 2.24) is 0 Å². The lowest BCUT2D eigenvalue weighted by Gasteiger charge is -2.00. The molecule has 0 N–H and O–H groups in total. The highest BCUT2D eigenvalue weighted by Crippen LogP contribution is 2.64. The molecule has 1 aromatic carbocycles. The summed E-state index contributed by atoms with van der Waals surface area (Å²) < 4.78 is 2.84. The molecular weight excluding hydrogens is 409 g/mol. The third-order valence-electron chi connectivity index (χ3n) is 3.58. The molecule has 118 valence electrons. The van der Waals surface area contributed by atoms with Crippen molar-refractivity contribution < 1.29 is 0 Å². The minimum absolute atomic E-state index is 1.35. The second-order valence-electron chi connectivity index (χ2n) is 5.11. The van der Waals surface area contributed by atoms with Gasteiger partial charge in [0.15, 0.2) is 0 Å². The monoisotopic (exact) mass is 418 g/mol. The van der Waals surface area contributed by atoms with Crippen molar-refractivity contribution in [3.05, 3.63) is 77.5 Å². The zero-order valence-corrected chi connectivity index (χ0v) is 17.1. The van der Waals surface area contributed by atoms with Crippen LogP contribution in [0.25, 0.3) is 9.81 Å². The molecule has 0 fully saturated rings. The quantitative estimate of drug-likeness (QED) is 0.411. The van der Waals surface area contributed by atoms with Crippen LogP contribution in [0.15, 0.2) is 76.2 Å². The van der Waals surface area contributed by atoms with E-state index in [9.17, 15) is 0 Å². The van der Waals surface area contributed by atoms with Crippen LogP contribution in [0.4, 0.5) is 0 Å². The van der Waals surface area contributed by atoms with E-state index in [1.165, 1.54) is 39.2 Å². The molecule has 0 radical (unpaired) electrons. The summed E-state index contributed by atoms with van der Waals surface area (Å²) in [6, 6.07) is 13.2. The maximum absolute atomic E-state index is 2.26. The van der Waals surface area contributed by atoms with Crippen LogP contribution in [0.5, 0.6) is 0 Å². The molecule has 6 heteroatoms. The van der Waals surface area contributed by atoms with Crippen molar-refractivity contribution in [2.75, 3.05) is 0 Å². The molecule has 2 aromatic heterocycles. The minimum atomic E-state index is 1.35. The van der Waals surface area contributed by atoms with Gasteiger partial charge >= 0.3 is 0 Å². The van der Waals surface area contributed by atoms with Crippen LogP contribution >= 0.6 is 69.7 Å². The van der Waals surface area contributed by atoms with E-state index in [0.717, 1.165) is 0 Å². The number of fused-ring (bicyclic) bond motifs is 1. The van der Waals surface area contributed by atoms with Gasteiger partial charge < -0.3 is 0 Å². The van der Waals surface area contributed by atoms with Crippen LogP contribution in [0.1, 0.15) is 11.1 Å². The number of rotatable bonds is 2. The van der Waals surface area contributed by atoms with Crippen LogP contribution in [0.2, 0.25) is 0 Å². The first-order chi connectivity index (χ1) is 11.9. The molecular formula is C18H10S6. The van der Waals surface area contributed by atoms with E-state index in [1.54, 1.807) is 22.7 Å². The molecule has 0 bridgehead atoms. The summed E-state index contributed by atoms with van der Waals surface area (Å²) in [5, 5.41) is 8.84. The van der Waals surface area contributed by atoms with Crippen LogP contribution in [-0.4, -0.2) is 0 Å². The Morgan fingerprint density at radius 3 is 1.50 bits per heavy atom. The maximum Gasteiger partial charge on any atom is 0.0707 e. The molecule has 0 aliphatic carbocycles. The summed E-state index contributed by atoms with van der Waals surface area (Å²) in [4.78, 5) is 5.57. The summed E-state index contributed by atoms with van der Waals surface area (Å²) in [5.74, 6) is 0. The summed E-state index contributed by atoms with van der Waals surface area (Å²) in [6.45, 7) is 0. The fraction of sp³-hybridized carbons (Fsp3) is 0. The minimum Gasteiger partial charge on any atom is -0.152 e. The standard InChI is InChI=1S/C18H10S6/c1-2-4-14-13(3-1)21-17(22-14)18-23-15(11-5-7-19-9-11)16(24-18)12-6-8-20-10-12/h1-10H. The van der Waals surface area contributed by atoms with E-state index in [4.69, 9.17) is 0 Å². The van der Waals surface area contributed by atoms with Gasteiger partial charge in [-0.05, 0) is 45.8 Å². The number of hydrogen-bond acceptors (Lipinski definition) is 6. The summed E-state index contributed by atoms with van der Waals surface area (Å²) in [5.41, 5.74) is 2.69. The first-order valence-electron chi connectivity index (χ1n) is 7.22. The van der Waals surface area contributed by atoms with Gasteiger partial charge in [-0.2, -0.15) is 22.7 Å². The number of thioether (sulfide) groups is 4. The molecule has 0 unspecified atom stereocenters. The highest BCUT2D eigenvalue weighted by molar-refractivity contribution is 8.37. The van der Waals surface area contributed by atoms with Gasteiger partial charge in [0.1, 0.15) is 0 Å². The lowest BCUT2D eigenvalue weighted by atomic mass is 10.2. The Labute approximate surface area is 165 Å². The Kier molecular flexibility index (Phi) is 4.37. The second kappa shape index (κ2) is 6.67. The Hall–Kier alpha value is -0.500. The topological polar surface area (TPSA) is 0 Å². The van der Waals surface area contributed by atoms with E-state index >= 15 is 0 Å². The highest BCUT2D eigenvalue weighted by Gasteiger charge is 2.29. The van der Waals surface area contributed by atoms with Gasteiger partial charge in [-0.3, -0.25) is 0 Å². The first-order valence-corrected chi connectivity index (χ1v) is 12.4. The lowest BCUT2D eigenvalue weighted by molar-refractivity contribution is 1.27. The largest absolute Gasteiger partial charge is 0.152 e. The Bertz CT molecular complexity index is 872. The molecule has 24 heavy (non-hydrogen) atoms. The van der Waals surface area contributed by atoms with Gasteiger partial charge in [-0.15, -0.1) is 0 Å². The predicted octanol–water partition coefficient (Wildman–Crippen LogP) is 8.14. The Balaban J connectivity index is 1.54. The molecule has 0 saturated heterocycles. The van der Waals surface area contributed by atoms with Gasteiger partial charge in [0.25, 0.3) is 0 Å². The number of hydrogen-bond donors (Lipinski definition) is 0. The highest BCUT2D eigenvalue weighted by atomic mass is 32.2. The SMILES string of the molecule is c1ccc2c(c1)SC(=C1SC(c3ccsc3)=C(c3ccsc3)S1)S2. The van der Waals surface area contributed by atoms with E-state index in [-0.39, 0.29) is 0 Å². The maximum atomic E-state index is 2.26. The number of thiophene rings is 2. The normalized spacial score (nSPS) is 17.0. The molecule has 3 aromatic rings. The lowest BCUT2D eigenvalue weighted by Crippen LogP contribution is -1.76. The van der Waals surface area contributed by atoms with Crippen molar-refractivity contribution >= 4 is 79.5 Å². The molecule has 0 nitrogen and oxygen atoms in total. The van der Waals surface area contributed by atoms with Gasteiger partial charge in [0.2, 0.25) is 0 Å². The van der Waals surface area contributed by atoms with Gasteiger partial charge in [-0.1, -0.05) is 59.2 Å². The molecule has 2 aliphatic heterocycles. The van der Waals surface area contributed by atoms with Crippen LogP contribution < -0.4 is 0 Å². The summed E-state index contributed by atoms with van der Waals surface area (Å²) in [6.07, 6.45) is 0. The van der Waals surface area contributed by atoms with Crippen molar-refractivity contribution in [3.63, 3.8) is 0 Å². The van der Waals surface area contributed by atoms with E-state index in [1.807, 2.05) is 47.0 Å². The molecule has 5 rings (SSSR count). The smallest absolute Gasteiger partial charge is 0.0707 e. The third-order valence-corrected chi connectivity index (χ3v) is 10.7. The average Bonchev–Trinajstić information content (AvgIpc) is 3.40. The summed E-state index contributed by atoms with van der Waals surface area (Å²) >= 11 is 11.2. The Morgan fingerprint density at radius 1 is 0.542 bits per heavy atom. The molecule has 4 heterocycles. The Morgan fingerprint density at radius 2 is 1.04 bits per heavy atom. The van der Waals surface area contributed by atoms with Crippen molar-refractivity contribution in [2.45, 2.75) is 9.79 Å². The van der Waals surface area contributed by atoms with Crippen molar-refractivity contribution in [3.8, 4) is 0 Å². The fourth-order valence-electron chi connectivity index (χ4n) is 2.47. The zero-order valence-electron chi connectivity index (χ0n) is 12.2. The van der Waals surface area contributed by atoms with Crippen molar-refractivity contribution in [2.24, 2.45) is 0 Å². The second-order valence-corrected chi connectivity index (χ2v) is 11.3. The van der Waals surface area contributed by atoms with E-state index in [0.29, 0.717) is 0 Å². The fourth-order valence-corrected chi connectivity index (χ4v) is 9.43. The molecule has 0 amide bonds. The third kappa shape index (κ3) is 2.83. The molecule has 0 spiro atoms. The van der Waals surface area contributed by atoms with Crippen molar-refractivity contribution in [1.29, 1.82) is 0 Å². The van der Waals surface area contributed by atoms with Gasteiger partial charge in [0, 0.05) is 30.7 Å². The molecule has 2 aliphatic rings. The number of benzene rings is 1. The predicted molar refractivity (Wildman–Crippen MR) is 116 cm³/mol. The van der Waals surface area contributed by atoms with Crippen LogP contribution in [0.3, 0.4) is 0 Å². The van der Waals surface area contributed by atoms with Gasteiger partial charge in [0.05, 0.1) is 8.47 Å². The van der Waals surface area contributed by atoms with E-state index < -0.39 is 0 Å². The average molecular weight is 419 g/mol. The molecule has 0 atom stereocenters. The van der Waals surface area contributed by atoms with Gasteiger partial charge in [-0.25, -0.2) is 0 Å².